The number of hydrogen-bond acceptors (Lipinski definition) is 3. The Labute approximate surface area is 164 Å². The van der Waals surface area contributed by atoms with Gasteiger partial charge in [-0.3, -0.25) is 9.59 Å². The molecule has 0 saturated carbocycles. The number of rotatable bonds is 8. The van der Waals surface area contributed by atoms with Crippen LogP contribution in [0, 0.1) is 0 Å². The second-order valence-corrected chi connectivity index (χ2v) is 6.41. The van der Waals surface area contributed by atoms with Gasteiger partial charge in [0.05, 0.1) is 6.04 Å². The number of ether oxygens (including phenoxy) is 1. The summed E-state index contributed by atoms with van der Waals surface area (Å²) in [4.78, 5) is 23.7. The summed E-state index contributed by atoms with van der Waals surface area (Å²) in [6, 6.07) is 26.4. The molecule has 28 heavy (non-hydrogen) atoms. The third kappa shape index (κ3) is 5.45. The molecule has 0 heterocycles. The van der Waals surface area contributed by atoms with Crippen LogP contribution in [0.1, 0.15) is 27.5 Å². The number of carbonyl (C=O) groups excluding carboxylic acids is 2. The number of amides is 2. The number of carbonyl (C=O) groups is 2. The predicted molar refractivity (Wildman–Crippen MR) is 108 cm³/mol. The van der Waals surface area contributed by atoms with E-state index < -0.39 is 5.91 Å². The molecule has 0 aliphatic heterocycles. The first-order valence-electron chi connectivity index (χ1n) is 9.03. The number of hydrogen-bond donors (Lipinski definition) is 2. The van der Waals surface area contributed by atoms with Crippen molar-refractivity contribution in [3.63, 3.8) is 0 Å². The summed E-state index contributed by atoms with van der Waals surface area (Å²) in [5, 5.41) is 3.10. The topological polar surface area (TPSA) is 81.4 Å². The molecule has 0 saturated heterocycles. The van der Waals surface area contributed by atoms with Crippen LogP contribution in [0.5, 0.6) is 5.75 Å². The summed E-state index contributed by atoms with van der Waals surface area (Å²) in [5.74, 6) is -0.359. The smallest absolute Gasteiger partial charge is 0.255 e. The van der Waals surface area contributed by atoms with Crippen LogP contribution in [0.4, 0.5) is 0 Å². The Bertz CT molecular complexity index is 927. The fourth-order valence-electron chi connectivity index (χ4n) is 2.91. The zero-order valence-electron chi connectivity index (χ0n) is 15.4. The molecule has 0 radical (unpaired) electrons. The second kappa shape index (κ2) is 9.37. The summed E-state index contributed by atoms with van der Waals surface area (Å²) in [5.41, 5.74) is 7.72. The van der Waals surface area contributed by atoms with Gasteiger partial charge in [0.2, 0.25) is 0 Å². The van der Waals surface area contributed by atoms with Gasteiger partial charge < -0.3 is 15.8 Å². The highest BCUT2D eigenvalue weighted by Gasteiger charge is 2.17. The van der Waals surface area contributed by atoms with Gasteiger partial charge in [-0.25, -0.2) is 0 Å². The largest absolute Gasteiger partial charge is 0.484 e. The highest BCUT2D eigenvalue weighted by Crippen LogP contribution is 2.20. The minimum absolute atomic E-state index is 0.175. The monoisotopic (exact) mass is 374 g/mol. The quantitative estimate of drug-likeness (QED) is 0.635. The van der Waals surface area contributed by atoms with Gasteiger partial charge in [-0.2, -0.15) is 0 Å². The molecule has 0 aromatic heterocycles. The molecule has 3 N–H and O–H groups in total. The maximum Gasteiger partial charge on any atom is 0.255 e. The van der Waals surface area contributed by atoms with E-state index in [1.54, 1.807) is 24.3 Å². The molecule has 1 atom stereocenters. The number of benzene rings is 3. The Morgan fingerprint density at radius 1 is 0.893 bits per heavy atom. The summed E-state index contributed by atoms with van der Waals surface area (Å²) in [7, 11) is 0. The average molecular weight is 374 g/mol. The van der Waals surface area contributed by atoms with Gasteiger partial charge >= 0.3 is 0 Å². The van der Waals surface area contributed by atoms with Crippen LogP contribution in [0.3, 0.4) is 0 Å². The van der Waals surface area contributed by atoms with Crippen molar-refractivity contribution >= 4 is 11.8 Å². The van der Waals surface area contributed by atoms with Crippen molar-refractivity contribution in [2.24, 2.45) is 5.73 Å². The summed E-state index contributed by atoms with van der Waals surface area (Å²) >= 11 is 0. The average Bonchev–Trinajstić information content (AvgIpc) is 2.73. The lowest BCUT2D eigenvalue weighted by molar-refractivity contribution is -0.119. The molecule has 0 fully saturated rings. The highest BCUT2D eigenvalue weighted by atomic mass is 16.5. The Balaban J connectivity index is 1.77. The Hall–Kier alpha value is -3.60. The fraction of sp³-hybridized carbons (Fsp3) is 0.130. The van der Waals surface area contributed by atoms with E-state index in [0.29, 0.717) is 17.7 Å². The van der Waals surface area contributed by atoms with Crippen molar-refractivity contribution in [3.05, 3.63) is 102 Å². The zero-order chi connectivity index (χ0) is 19.8. The van der Waals surface area contributed by atoms with Gasteiger partial charge in [-0.05, 0) is 35.7 Å². The maximum absolute atomic E-state index is 12.9. The van der Waals surface area contributed by atoms with Gasteiger partial charge in [0.1, 0.15) is 5.75 Å². The van der Waals surface area contributed by atoms with Crippen LogP contribution in [0.15, 0.2) is 84.9 Å². The lowest BCUT2D eigenvalue weighted by Crippen LogP contribution is -2.30. The van der Waals surface area contributed by atoms with Crippen LogP contribution >= 0.6 is 0 Å². The van der Waals surface area contributed by atoms with E-state index in [1.807, 2.05) is 60.7 Å². The molecule has 5 heteroatoms. The molecule has 2 amide bonds. The van der Waals surface area contributed by atoms with Gasteiger partial charge in [0.15, 0.2) is 6.61 Å². The highest BCUT2D eigenvalue weighted by molar-refractivity contribution is 5.94. The Morgan fingerprint density at radius 2 is 1.57 bits per heavy atom. The standard InChI is InChI=1S/C23H22N2O3/c24-22(26)16-28-20-13-7-12-19(15-20)23(27)25-21(18-10-5-2-6-11-18)14-17-8-3-1-4-9-17/h1-13,15,21H,14,16H2,(H2,24,26)(H,25,27). The zero-order valence-corrected chi connectivity index (χ0v) is 15.4. The molecule has 3 aromatic carbocycles. The Morgan fingerprint density at radius 3 is 2.25 bits per heavy atom. The van der Waals surface area contributed by atoms with Crippen molar-refractivity contribution in [1.29, 1.82) is 0 Å². The van der Waals surface area contributed by atoms with E-state index in [2.05, 4.69) is 5.32 Å². The van der Waals surface area contributed by atoms with Gasteiger partial charge in [-0.15, -0.1) is 0 Å². The number of nitrogens with one attached hydrogen (secondary N) is 1. The van der Waals surface area contributed by atoms with Crippen LogP contribution in [-0.4, -0.2) is 18.4 Å². The summed E-state index contributed by atoms with van der Waals surface area (Å²) in [6.45, 7) is -0.230. The number of nitrogens with two attached hydrogens (primary N) is 1. The molecule has 0 bridgehead atoms. The SMILES string of the molecule is NC(=O)COc1cccc(C(=O)NC(Cc2ccccc2)c2ccccc2)c1. The van der Waals surface area contributed by atoms with E-state index in [9.17, 15) is 9.59 Å². The van der Waals surface area contributed by atoms with E-state index in [4.69, 9.17) is 10.5 Å². The molecular formula is C23H22N2O3. The first kappa shape index (κ1) is 19.2. The first-order valence-corrected chi connectivity index (χ1v) is 9.03. The minimum Gasteiger partial charge on any atom is -0.484 e. The third-order valence-corrected chi connectivity index (χ3v) is 4.27. The lowest BCUT2D eigenvalue weighted by Gasteiger charge is -2.20. The molecule has 5 nitrogen and oxygen atoms in total. The van der Waals surface area contributed by atoms with Crippen LogP contribution in [0.2, 0.25) is 0 Å². The molecule has 3 rings (SSSR count). The molecular weight excluding hydrogens is 352 g/mol. The summed E-state index contributed by atoms with van der Waals surface area (Å²) < 4.78 is 5.29. The molecule has 0 spiro atoms. The maximum atomic E-state index is 12.9. The van der Waals surface area contributed by atoms with E-state index >= 15 is 0 Å². The van der Waals surface area contributed by atoms with Crippen molar-refractivity contribution in [3.8, 4) is 5.75 Å². The van der Waals surface area contributed by atoms with E-state index in [-0.39, 0.29) is 18.6 Å². The van der Waals surface area contributed by atoms with Gasteiger partial charge in [-0.1, -0.05) is 66.7 Å². The lowest BCUT2D eigenvalue weighted by atomic mass is 9.98. The van der Waals surface area contributed by atoms with Crippen LogP contribution in [0.25, 0.3) is 0 Å². The first-order chi connectivity index (χ1) is 13.6. The number of primary amides is 1. The van der Waals surface area contributed by atoms with Crippen LogP contribution < -0.4 is 15.8 Å². The van der Waals surface area contributed by atoms with Gasteiger partial charge in [0.25, 0.3) is 11.8 Å². The van der Waals surface area contributed by atoms with Crippen molar-refractivity contribution in [2.45, 2.75) is 12.5 Å². The predicted octanol–water partition coefficient (Wildman–Crippen LogP) is 3.26. The van der Waals surface area contributed by atoms with Crippen molar-refractivity contribution in [1.82, 2.24) is 5.32 Å². The van der Waals surface area contributed by atoms with E-state index in [1.165, 1.54) is 0 Å². The fourth-order valence-corrected chi connectivity index (χ4v) is 2.91. The molecule has 3 aromatic rings. The Kier molecular flexibility index (Phi) is 6.41. The van der Waals surface area contributed by atoms with Gasteiger partial charge in [0, 0.05) is 5.56 Å². The molecule has 0 aliphatic rings. The minimum atomic E-state index is -0.568. The molecule has 0 aliphatic carbocycles. The second-order valence-electron chi connectivity index (χ2n) is 6.41. The van der Waals surface area contributed by atoms with Crippen molar-refractivity contribution < 1.29 is 14.3 Å². The normalized spacial score (nSPS) is 11.4. The van der Waals surface area contributed by atoms with E-state index in [0.717, 1.165) is 11.1 Å². The molecule has 142 valence electrons. The van der Waals surface area contributed by atoms with Crippen molar-refractivity contribution in [2.75, 3.05) is 6.61 Å². The van der Waals surface area contributed by atoms with Crippen LogP contribution in [-0.2, 0) is 11.2 Å². The summed E-state index contributed by atoms with van der Waals surface area (Å²) in [6.07, 6.45) is 0.675. The third-order valence-electron chi connectivity index (χ3n) is 4.27. The molecule has 1 unspecified atom stereocenters.